The first kappa shape index (κ1) is 21.6. The number of ether oxygens (including phenoxy) is 1. The molecule has 6 nitrogen and oxygen atoms in total. The highest BCUT2D eigenvalue weighted by molar-refractivity contribution is 7.90. The third-order valence-corrected chi connectivity index (χ3v) is 8.68. The van der Waals surface area contributed by atoms with Gasteiger partial charge in [0.05, 0.1) is 24.0 Å². The zero-order chi connectivity index (χ0) is 21.3. The van der Waals surface area contributed by atoms with E-state index in [0.29, 0.717) is 30.9 Å². The van der Waals surface area contributed by atoms with E-state index in [0.717, 1.165) is 44.2 Å². The number of nitrogens with zero attached hydrogens (tertiary/aromatic N) is 1. The molecule has 0 bridgehead atoms. The predicted octanol–water partition coefficient (Wildman–Crippen LogP) is 2.69. The van der Waals surface area contributed by atoms with Crippen LogP contribution < -0.4 is 10.3 Å². The minimum absolute atomic E-state index is 0.0432. The molecule has 2 aliphatic carbocycles. The molecule has 1 aromatic rings. The van der Waals surface area contributed by atoms with Gasteiger partial charge in [-0.2, -0.15) is 0 Å². The van der Waals surface area contributed by atoms with Crippen LogP contribution in [0.15, 0.2) is 16.9 Å². The molecule has 0 amide bonds. The molecule has 0 aromatic carbocycles. The molecule has 1 aliphatic heterocycles. The van der Waals surface area contributed by atoms with Crippen LogP contribution in [-0.2, 0) is 21.2 Å². The minimum atomic E-state index is -3.34. The van der Waals surface area contributed by atoms with E-state index in [1.54, 1.807) is 4.57 Å². The van der Waals surface area contributed by atoms with Crippen molar-refractivity contribution in [3.8, 4) is 11.8 Å². The van der Waals surface area contributed by atoms with Gasteiger partial charge in [0.1, 0.15) is 0 Å². The summed E-state index contributed by atoms with van der Waals surface area (Å²) in [6.07, 6.45) is 6.94. The topological polar surface area (TPSA) is 77.4 Å². The Hall–Kier alpha value is -1.62. The highest BCUT2D eigenvalue weighted by Crippen LogP contribution is 2.32. The molecule has 4 rings (SSSR count). The van der Waals surface area contributed by atoms with Crippen molar-refractivity contribution in [2.24, 2.45) is 5.92 Å². The zero-order valence-electron chi connectivity index (χ0n) is 17.9. The Bertz CT molecular complexity index is 992. The molecule has 0 spiro atoms. The van der Waals surface area contributed by atoms with Gasteiger partial charge in [0.15, 0.2) is 0 Å². The van der Waals surface area contributed by atoms with E-state index in [1.807, 2.05) is 26.0 Å². The summed E-state index contributed by atoms with van der Waals surface area (Å²) in [6.45, 7) is 4.04. The van der Waals surface area contributed by atoms with Crippen LogP contribution in [0.5, 0.6) is 0 Å². The maximum Gasteiger partial charge on any atom is 0.254 e. The van der Waals surface area contributed by atoms with Crippen molar-refractivity contribution in [1.82, 2.24) is 9.29 Å². The van der Waals surface area contributed by atoms with Gasteiger partial charge in [-0.3, -0.25) is 4.79 Å². The lowest BCUT2D eigenvalue weighted by molar-refractivity contribution is -0.00300. The molecule has 2 atom stereocenters. The lowest BCUT2D eigenvalue weighted by Crippen LogP contribution is -2.50. The highest BCUT2D eigenvalue weighted by atomic mass is 32.2. The van der Waals surface area contributed by atoms with Crippen molar-refractivity contribution in [2.45, 2.75) is 88.7 Å². The number of rotatable bonds is 6. The summed E-state index contributed by atoms with van der Waals surface area (Å²) < 4.78 is 36.2. The minimum Gasteiger partial charge on any atom is -0.376 e. The van der Waals surface area contributed by atoms with E-state index in [4.69, 9.17) is 4.74 Å². The molecule has 0 radical (unpaired) electrons. The van der Waals surface area contributed by atoms with Gasteiger partial charge < -0.3 is 9.30 Å². The second kappa shape index (κ2) is 8.86. The maximum atomic E-state index is 13.0. The fourth-order valence-corrected chi connectivity index (χ4v) is 6.41. The van der Waals surface area contributed by atoms with Crippen molar-refractivity contribution < 1.29 is 13.2 Å². The van der Waals surface area contributed by atoms with Gasteiger partial charge in [-0.05, 0) is 71.3 Å². The van der Waals surface area contributed by atoms with Gasteiger partial charge in [-0.15, -0.1) is 11.8 Å². The fraction of sp³-hybridized carbons (Fsp3) is 0.696. The van der Waals surface area contributed by atoms with Gasteiger partial charge in [0.2, 0.25) is 10.0 Å². The number of hydrogen-bond acceptors (Lipinski definition) is 4. The van der Waals surface area contributed by atoms with Crippen LogP contribution in [0.2, 0.25) is 0 Å². The molecule has 3 aliphatic rings. The van der Waals surface area contributed by atoms with Crippen LogP contribution in [0.25, 0.3) is 0 Å². The molecule has 1 N–H and O–H groups in total. The van der Waals surface area contributed by atoms with Crippen LogP contribution in [0, 0.1) is 24.7 Å². The summed E-state index contributed by atoms with van der Waals surface area (Å²) in [6, 6.07) is 3.22. The van der Waals surface area contributed by atoms with Gasteiger partial charge in [0.25, 0.3) is 5.56 Å². The second-order valence-electron chi connectivity index (χ2n) is 8.96. The van der Waals surface area contributed by atoms with E-state index in [9.17, 15) is 13.2 Å². The van der Waals surface area contributed by atoms with Crippen LogP contribution in [0.3, 0.4) is 0 Å². The lowest BCUT2D eigenvalue weighted by Gasteiger charge is -2.37. The summed E-state index contributed by atoms with van der Waals surface area (Å²) in [5, 5.41) is -0.273. The second-order valence-corrected chi connectivity index (χ2v) is 11.0. The van der Waals surface area contributed by atoms with E-state index in [1.165, 1.54) is 0 Å². The summed E-state index contributed by atoms with van der Waals surface area (Å²) in [7, 11) is -3.34. The summed E-state index contributed by atoms with van der Waals surface area (Å²) >= 11 is 0. The van der Waals surface area contributed by atoms with Gasteiger partial charge in [0, 0.05) is 23.2 Å². The maximum absolute atomic E-state index is 13.0. The SMILES string of the molecule is CC#CC1CCC(OC[C@H]2[C@@H](NS(=O)(=O)C3CC3)CCc3ccc(C)c(=O)n32)CC1. The normalized spacial score (nSPS) is 29.0. The number of hydrogen-bond donors (Lipinski definition) is 1. The number of sulfonamides is 1. The average Bonchev–Trinajstić information content (AvgIpc) is 3.57. The van der Waals surface area contributed by atoms with E-state index < -0.39 is 10.0 Å². The molecule has 0 unspecified atom stereocenters. The first-order valence-corrected chi connectivity index (χ1v) is 12.7. The molecule has 7 heteroatoms. The first-order valence-electron chi connectivity index (χ1n) is 11.1. The Morgan fingerprint density at radius 3 is 2.53 bits per heavy atom. The molecular weight excluding hydrogens is 400 g/mol. The number of pyridine rings is 1. The summed E-state index contributed by atoms with van der Waals surface area (Å²) in [5.41, 5.74) is 1.59. The largest absolute Gasteiger partial charge is 0.376 e. The van der Waals surface area contributed by atoms with Gasteiger partial charge >= 0.3 is 0 Å². The number of nitrogens with one attached hydrogen (secondary N) is 1. The third-order valence-electron chi connectivity index (χ3n) is 6.70. The van der Waals surface area contributed by atoms with E-state index in [-0.39, 0.29) is 29.0 Å². The van der Waals surface area contributed by atoms with Crippen molar-refractivity contribution in [1.29, 1.82) is 0 Å². The summed E-state index contributed by atoms with van der Waals surface area (Å²) in [4.78, 5) is 13.0. The Labute approximate surface area is 179 Å². The van der Waals surface area contributed by atoms with Crippen molar-refractivity contribution in [3.63, 3.8) is 0 Å². The number of fused-ring (bicyclic) bond motifs is 1. The molecular formula is C23H32N2O4S. The Morgan fingerprint density at radius 1 is 1.13 bits per heavy atom. The Balaban J connectivity index is 1.52. The number of aromatic nitrogens is 1. The van der Waals surface area contributed by atoms with Crippen LogP contribution in [0.1, 0.15) is 69.2 Å². The van der Waals surface area contributed by atoms with Gasteiger partial charge in [-0.25, -0.2) is 13.1 Å². The highest BCUT2D eigenvalue weighted by Gasteiger charge is 2.40. The average molecular weight is 433 g/mol. The number of aryl methyl sites for hydroxylation is 2. The van der Waals surface area contributed by atoms with Crippen LogP contribution in [0.4, 0.5) is 0 Å². The fourth-order valence-electron chi connectivity index (χ4n) is 4.76. The molecule has 1 aromatic heterocycles. The third kappa shape index (κ3) is 4.66. The molecule has 30 heavy (non-hydrogen) atoms. The lowest BCUT2D eigenvalue weighted by atomic mass is 9.88. The standard InChI is InChI=1S/C23H32N2O4S/c1-3-4-17-6-10-19(11-7-17)29-15-22-21(24-30(27,28)20-12-13-20)14-9-18-8-5-16(2)23(26)25(18)22/h5,8,17,19-22,24H,6-7,9-15H2,1-2H3/t17?,19?,21-,22-/m0/s1. The molecule has 2 fully saturated rings. The summed E-state index contributed by atoms with van der Waals surface area (Å²) in [5.74, 6) is 6.72. The Kier molecular flexibility index (Phi) is 6.38. The predicted molar refractivity (Wildman–Crippen MR) is 117 cm³/mol. The van der Waals surface area contributed by atoms with Crippen LogP contribution in [-0.4, -0.2) is 37.0 Å². The Morgan fingerprint density at radius 2 is 1.87 bits per heavy atom. The quantitative estimate of drug-likeness (QED) is 0.701. The molecule has 2 heterocycles. The monoisotopic (exact) mass is 432 g/mol. The van der Waals surface area contributed by atoms with Gasteiger partial charge in [-0.1, -0.05) is 6.07 Å². The van der Waals surface area contributed by atoms with Crippen molar-refractivity contribution in [3.05, 3.63) is 33.7 Å². The van der Waals surface area contributed by atoms with Crippen LogP contribution >= 0.6 is 0 Å². The molecule has 2 saturated carbocycles. The van der Waals surface area contributed by atoms with Crippen molar-refractivity contribution >= 4 is 10.0 Å². The zero-order valence-corrected chi connectivity index (χ0v) is 18.7. The van der Waals surface area contributed by atoms with Crippen molar-refractivity contribution in [2.75, 3.05) is 6.61 Å². The van der Waals surface area contributed by atoms with E-state index >= 15 is 0 Å². The molecule has 0 saturated heterocycles. The molecule has 164 valence electrons. The smallest absolute Gasteiger partial charge is 0.254 e. The first-order chi connectivity index (χ1) is 14.4. The van der Waals surface area contributed by atoms with E-state index in [2.05, 4.69) is 16.6 Å².